The molecule has 1 amide bonds. The molecule has 1 fully saturated rings. The van der Waals surface area contributed by atoms with Crippen LogP contribution in [0, 0.1) is 11.8 Å². The van der Waals surface area contributed by atoms with Gasteiger partial charge >= 0.3 is 5.97 Å². The molecule has 1 aliphatic rings. The molecule has 1 saturated carbocycles. The number of nitrogens with zero attached hydrogens (tertiary/aromatic N) is 1. The normalized spacial score (nSPS) is 15.9. The second-order valence-electron chi connectivity index (χ2n) is 5.88. The van der Waals surface area contributed by atoms with Gasteiger partial charge in [0.25, 0.3) is 0 Å². The molecule has 20 heavy (non-hydrogen) atoms. The molecule has 5 nitrogen and oxygen atoms in total. The molecule has 1 aliphatic carbocycles. The van der Waals surface area contributed by atoms with Gasteiger partial charge in [0.05, 0.1) is 0 Å². The maximum Gasteiger partial charge on any atom is 0.323 e. The molecule has 0 radical (unpaired) electrons. The summed E-state index contributed by atoms with van der Waals surface area (Å²) in [7, 11) is 0. The van der Waals surface area contributed by atoms with Crippen LogP contribution in [-0.2, 0) is 9.59 Å². The molecule has 0 heterocycles. The first-order chi connectivity index (χ1) is 9.56. The minimum Gasteiger partial charge on any atom is -0.480 e. The van der Waals surface area contributed by atoms with Crippen molar-refractivity contribution in [1.82, 2.24) is 4.90 Å². The van der Waals surface area contributed by atoms with Crippen molar-refractivity contribution in [3.05, 3.63) is 0 Å². The first kappa shape index (κ1) is 17.0. The molecule has 5 heteroatoms. The predicted molar refractivity (Wildman–Crippen MR) is 78.2 cm³/mol. The summed E-state index contributed by atoms with van der Waals surface area (Å²) in [5.74, 6) is 0.0684. The van der Waals surface area contributed by atoms with Crippen LogP contribution in [0.5, 0.6) is 0 Å². The van der Waals surface area contributed by atoms with Gasteiger partial charge in [-0.05, 0) is 44.1 Å². The zero-order valence-corrected chi connectivity index (χ0v) is 12.5. The quantitative estimate of drug-likeness (QED) is 0.606. The summed E-state index contributed by atoms with van der Waals surface area (Å²) in [6, 6.07) is 0. The van der Waals surface area contributed by atoms with E-state index in [4.69, 9.17) is 10.8 Å². The molecule has 0 spiro atoms. The fourth-order valence-corrected chi connectivity index (χ4v) is 2.59. The van der Waals surface area contributed by atoms with E-state index in [0.717, 1.165) is 38.5 Å². The van der Waals surface area contributed by atoms with Crippen molar-refractivity contribution in [3.8, 4) is 0 Å². The van der Waals surface area contributed by atoms with Gasteiger partial charge < -0.3 is 15.7 Å². The molecule has 1 atom stereocenters. The molecule has 3 N–H and O–H groups in total. The highest BCUT2D eigenvalue weighted by atomic mass is 16.4. The van der Waals surface area contributed by atoms with E-state index in [1.807, 2.05) is 0 Å². The number of amides is 1. The molecule has 0 bridgehead atoms. The second-order valence-corrected chi connectivity index (χ2v) is 5.88. The highest BCUT2D eigenvalue weighted by Gasteiger charge is 2.27. The van der Waals surface area contributed by atoms with Crippen LogP contribution in [0.1, 0.15) is 51.9 Å². The maximum absolute atomic E-state index is 12.2. The molecule has 0 aromatic carbocycles. The summed E-state index contributed by atoms with van der Waals surface area (Å²) >= 11 is 0. The third-order valence-electron chi connectivity index (χ3n) is 3.89. The Kier molecular flexibility index (Phi) is 7.59. The lowest BCUT2D eigenvalue weighted by Crippen LogP contribution is -2.37. The Hall–Kier alpha value is -1.10. The van der Waals surface area contributed by atoms with E-state index in [9.17, 15) is 9.59 Å². The molecule has 0 saturated heterocycles. The van der Waals surface area contributed by atoms with Gasteiger partial charge in [0, 0.05) is 13.0 Å². The van der Waals surface area contributed by atoms with Gasteiger partial charge in [-0.3, -0.25) is 9.59 Å². The Morgan fingerprint density at radius 2 is 2.00 bits per heavy atom. The largest absolute Gasteiger partial charge is 0.480 e. The average Bonchev–Trinajstić information content (AvgIpc) is 3.18. The summed E-state index contributed by atoms with van der Waals surface area (Å²) in [5, 5.41) is 8.90. The van der Waals surface area contributed by atoms with Crippen LogP contribution < -0.4 is 5.73 Å². The van der Waals surface area contributed by atoms with Crippen LogP contribution in [0.15, 0.2) is 0 Å². The third kappa shape index (κ3) is 6.89. The molecule has 0 aromatic heterocycles. The van der Waals surface area contributed by atoms with Crippen molar-refractivity contribution in [2.75, 3.05) is 19.6 Å². The first-order valence-electron chi connectivity index (χ1n) is 7.76. The molecule has 0 aromatic rings. The zero-order valence-electron chi connectivity index (χ0n) is 12.5. The zero-order chi connectivity index (χ0) is 15.0. The van der Waals surface area contributed by atoms with Crippen molar-refractivity contribution < 1.29 is 14.7 Å². The smallest absolute Gasteiger partial charge is 0.323 e. The fourth-order valence-electron chi connectivity index (χ4n) is 2.59. The number of hydrogen-bond acceptors (Lipinski definition) is 3. The minimum absolute atomic E-state index is 0.0163. The van der Waals surface area contributed by atoms with Crippen LogP contribution in [-0.4, -0.2) is 41.5 Å². The maximum atomic E-state index is 12.2. The summed E-state index contributed by atoms with van der Waals surface area (Å²) < 4.78 is 0. The van der Waals surface area contributed by atoms with E-state index in [0.29, 0.717) is 31.3 Å². The molecule has 116 valence electrons. The fraction of sp³-hybridized carbons (Fsp3) is 0.867. The number of nitrogens with two attached hydrogens (primary N) is 1. The predicted octanol–water partition coefficient (Wildman–Crippen LogP) is 1.85. The second kappa shape index (κ2) is 8.95. The van der Waals surface area contributed by atoms with Crippen LogP contribution in [0.2, 0.25) is 0 Å². The Bertz CT molecular complexity index is 310. The molecule has 1 rings (SSSR count). The lowest BCUT2D eigenvalue weighted by Gasteiger charge is -2.22. The Labute approximate surface area is 121 Å². The number of rotatable bonds is 11. The van der Waals surface area contributed by atoms with Crippen LogP contribution >= 0.6 is 0 Å². The minimum atomic E-state index is -0.925. The van der Waals surface area contributed by atoms with Gasteiger partial charge in [0.2, 0.25) is 5.91 Å². The van der Waals surface area contributed by atoms with Crippen LogP contribution in [0.25, 0.3) is 0 Å². The van der Waals surface area contributed by atoms with Gasteiger partial charge in [-0.25, -0.2) is 0 Å². The van der Waals surface area contributed by atoms with Gasteiger partial charge in [-0.2, -0.15) is 0 Å². The molecular formula is C15H28N2O3. The van der Waals surface area contributed by atoms with E-state index in [2.05, 4.69) is 6.92 Å². The number of carbonyl (C=O) groups excluding carboxylic acids is 1. The number of carboxylic acid groups (broad SMARTS) is 1. The van der Waals surface area contributed by atoms with Gasteiger partial charge in [0.15, 0.2) is 0 Å². The van der Waals surface area contributed by atoms with Crippen molar-refractivity contribution >= 4 is 11.9 Å². The van der Waals surface area contributed by atoms with E-state index in [-0.39, 0.29) is 12.5 Å². The van der Waals surface area contributed by atoms with Gasteiger partial charge in [-0.1, -0.05) is 19.8 Å². The number of carbonyl (C=O) groups is 2. The summed E-state index contributed by atoms with van der Waals surface area (Å²) in [6.45, 7) is 3.24. The van der Waals surface area contributed by atoms with E-state index in [1.165, 1.54) is 4.90 Å². The monoisotopic (exact) mass is 284 g/mol. The van der Waals surface area contributed by atoms with Crippen molar-refractivity contribution in [2.45, 2.75) is 51.9 Å². The van der Waals surface area contributed by atoms with Crippen LogP contribution in [0.4, 0.5) is 0 Å². The van der Waals surface area contributed by atoms with Crippen LogP contribution in [0.3, 0.4) is 0 Å². The molecular weight excluding hydrogens is 256 g/mol. The highest BCUT2D eigenvalue weighted by molar-refractivity contribution is 5.81. The Balaban J connectivity index is 2.40. The number of hydrogen-bond donors (Lipinski definition) is 2. The van der Waals surface area contributed by atoms with E-state index >= 15 is 0 Å². The molecule has 1 unspecified atom stereocenters. The lowest BCUT2D eigenvalue weighted by atomic mass is 9.94. The highest BCUT2D eigenvalue weighted by Crippen LogP contribution is 2.30. The number of carboxylic acids is 1. The summed E-state index contributed by atoms with van der Waals surface area (Å²) in [5.41, 5.74) is 5.59. The SMILES string of the molecule is CCCC(CCN)CCC(=O)N(CC(=O)O)CC1CC1. The summed E-state index contributed by atoms with van der Waals surface area (Å²) in [6.07, 6.45) is 6.65. The average molecular weight is 284 g/mol. The summed E-state index contributed by atoms with van der Waals surface area (Å²) in [4.78, 5) is 24.6. The van der Waals surface area contributed by atoms with Gasteiger partial charge in [-0.15, -0.1) is 0 Å². The lowest BCUT2D eigenvalue weighted by molar-refractivity contribution is -0.144. The van der Waals surface area contributed by atoms with Gasteiger partial charge in [0.1, 0.15) is 6.54 Å². The van der Waals surface area contributed by atoms with Crippen molar-refractivity contribution in [3.63, 3.8) is 0 Å². The molecule has 0 aliphatic heterocycles. The topological polar surface area (TPSA) is 83.6 Å². The first-order valence-corrected chi connectivity index (χ1v) is 7.76. The Morgan fingerprint density at radius 3 is 2.50 bits per heavy atom. The van der Waals surface area contributed by atoms with E-state index < -0.39 is 5.97 Å². The van der Waals surface area contributed by atoms with Crippen molar-refractivity contribution in [1.29, 1.82) is 0 Å². The van der Waals surface area contributed by atoms with E-state index in [1.54, 1.807) is 0 Å². The van der Waals surface area contributed by atoms with Crippen molar-refractivity contribution in [2.24, 2.45) is 17.6 Å². The third-order valence-corrected chi connectivity index (χ3v) is 3.89. The Morgan fingerprint density at radius 1 is 1.30 bits per heavy atom. The standard InChI is InChI=1S/C15H28N2O3/c1-2-3-12(8-9-16)6-7-14(18)17(11-15(19)20)10-13-4-5-13/h12-13H,2-11,16H2,1H3,(H,19,20). The number of aliphatic carboxylic acids is 1.